The van der Waals surface area contributed by atoms with Crippen LogP contribution in [0, 0.1) is 0 Å². The molecular formula is C25H35N7O2. The Hall–Kier alpha value is -3.07. The number of benzene rings is 1. The fourth-order valence-corrected chi connectivity index (χ4v) is 5.01. The molecule has 1 aliphatic heterocycles. The van der Waals surface area contributed by atoms with E-state index in [-0.39, 0.29) is 6.10 Å². The first-order valence-corrected chi connectivity index (χ1v) is 12.6. The van der Waals surface area contributed by atoms with Crippen molar-refractivity contribution in [3.05, 3.63) is 24.0 Å². The normalized spacial score (nSPS) is 19.5. The number of fused-ring (bicyclic) bond motifs is 1. The monoisotopic (exact) mass is 465 g/mol. The van der Waals surface area contributed by atoms with Crippen molar-refractivity contribution < 1.29 is 9.47 Å². The van der Waals surface area contributed by atoms with E-state index in [0.29, 0.717) is 41.2 Å². The van der Waals surface area contributed by atoms with Gasteiger partial charge in [-0.2, -0.15) is 9.97 Å². The third-order valence-electron chi connectivity index (χ3n) is 6.87. The summed E-state index contributed by atoms with van der Waals surface area (Å²) in [6.45, 7) is 7.78. The van der Waals surface area contributed by atoms with E-state index in [1.165, 1.54) is 19.3 Å². The van der Waals surface area contributed by atoms with E-state index in [4.69, 9.17) is 20.2 Å². The summed E-state index contributed by atoms with van der Waals surface area (Å²) in [5, 5.41) is 3.27. The molecule has 0 amide bonds. The van der Waals surface area contributed by atoms with Crippen LogP contribution in [-0.4, -0.2) is 57.2 Å². The average molecular weight is 466 g/mol. The Morgan fingerprint density at radius 2 is 1.97 bits per heavy atom. The van der Waals surface area contributed by atoms with Crippen molar-refractivity contribution in [2.45, 2.75) is 64.4 Å². The molecule has 9 nitrogen and oxygen atoms in total. The lowest BCUT2D eigenvalue weighted by atomic mass is 9.89. The van der Waals surface area contributed by atoms with Gasteiger partial charge >= 0.3 is 0 Å². The summed E-state index contributed by atoms with van der Waals surface area (Å²) in [5.41, 5.74) is 8.33. The van der Waals surface area contributed by atoms with Gasteiger partial charge in [0.05, 0.1) is 12.3 Å². The Labute approximate surface area is 200 Å². The number of aromatic nitrogens is 4. The largest absolute Gasteiger partial charge is 0.492 e. The van der Waals surface area contributed by atoms with Gasteiger partial charge in [0.2, 0.25) is 5.95 Å². The number of ether oxygens (including phenoxy) is 2. The van der Waals surface area contributed by atoms with Crippen molar-refractivity contribution in [2.75, 3.05) is 37.3 Å². The van der Waals surface area contributed by atoms with Crippen LogP contribution in [0.25, 0.3) is 11.2 Å². The summed E-state index contributed by atoms with van der Waals surface area (Å²) in [6, 6.07) is 5.82. The van der Waals surface area contributed by atoms with E-state index in [1.807, 2.05) is 25.1 Å². The van der Waals surface area contributed by atoms with Crippen molar-refractivity contribution in [3.63, 3.8) is 0 Å². The van der Waals surface area contributed by atoms with Gasteiger partial charge in [-0.05, 0) is 44.9 Å². The smallest absolute Gasteiger partial charge is 0.231 e. The number of likely N-dealkylation sites (N-methyl/N-ethyl adjacent to an activating group) is 1. The zero-order valence-corrected chi connectivity index (χ0v) is 20.1. The Kier molecular flexibility index (Phi) is 6.71. The molecule has 1 aliphatic carbocycles. The minimum absolute atomic E-state index is 0.205. The molecule has 2 fully saturated rings. The second-order valence-electron chi connectivity index (χ2n) is 9.23. The van der Waals surface area contributed by atoms with E-state index < -0.39 is 0 Å². The van der Waals surface area contributed by atoms with Crippen LogP contribution in [-0.2, 0) is 0 Å². The molecular weight excluding hydrogens is 430 g/mol. The molecule has 1 saturated heterocycles. The Morgan fingerprint density at radius 1 is 1.12 bits per heavy atom. The van der Waals surface area contributed by atoms with Crippen LogP contribution in [0.15, 0.2) is 18.2 Å². The Balaban J connectivity index is 1.35. The van der Waals surface area contributed by atoms with E-state index in [1.54, 1.807) is 0 Å². The van der Waals surface area contributed by atoms with Gasteiger partial charge in [0, 0.05) is 25.1 Å². The predicted molar refractivity (Wildman–Crippen MR) is 134 cm³/mol. The number of imidazole rings is 1. The van der Waals surface area contributed by atoms with Crippen molar-refractivity contribution in [3.8, 4) is 11.5 Å². The van der Waals surface area contributed by atoms with E-state index in [9.17, 15) is 0 Å². The average Bonchev–Trinajstić information content (AvgIpc) is 3.49. The fraction of sp³-hybridized carbons (Fsp3) is 0.560. The molecule has 2 aliphatic rings. The first-order chi connectivity index (χ1) is 16.6. The van der Waals surface area contributed by atoms with Crippen LogP contribution in [0.2, 0.25) is 0 Å². The summed E-state index contributed by atoms with van der Waals surface area (Å²) in [5.74, 6) is 3.70. The van der Waals surface area contributed by atoms with E-state index in [0.717, 1.165) is 56.2 Å². The van der Waals surface area contributed by atoms with Gasteiger partial charge in [-0.3, -0.25) is 4.90 Å². The maximum atomic E-state index is 6.27. The van der Waals surface area contributed by atoms with Crippen molar-refractivity contribution in [1.29, 1.82) is 0 Å². The summed E-state index contributed by atoms with van der Waals surface area (Å²) in [4.78, 5) is 19.6. The van der Waals surface area contributed by atoms with Crippen LogP contribution in [0.3, 0.4) is 0 Å². The molecule has 2 aromatic heterocycles. The van der Waals surface area contributed by atoms with Gasteiger partial charge in [0.25, 0.3) is 0 Å². The lowest BCUT2D eigenvalue weighted by Crippen LogP contribution is -2.24. The molecule has 34 heavy (non-hydrogen) atoms. The van der Waals surface area contributed by atoms with E-state index in [2.05, 4.69) is 32.1 Å². The number of H-pyrrole nitrogens is 1. The zero-order chi connectivity index (χ0) is 23.5. The topological polar surface area (TPSA) is 114 Å². The summed E-state index contributed by atoms with van der Waals surface area (Å²) < 4.78 is 12.1. The Bertz CT molecular complexity index is 1130. The molecule has 0 radical (unpaired) electrons. The quantitative estimate of drug-likeness (QED) is 0.442. The van der Waals surface area contributed by atoms with Gasteiger partial charge in [-0.25, -0.2) is 4.98 Å². The molecule has 5 rings (SSSR count). The highest BCUT2D eigenvalue weighted by Gasteiger charge is 2.23. The van der Waals surface area contributed by atoms with Crippen molar-refractivity contribution in [1.82, 2.24) is 24.8 Å². The molecule has 1 atom stereocenters. The number of likely N-dealkylation sites (tertiary alicyclic amines) is 1. The zero-order valence-electron chi connectivity index (χ0n) is 20.1. The van der Waals surface area contributed by atoms with Crippen LogP contribution < -0.4 is 20.5 Å². The molecule has 1 saturated carbocycles. The number of hydrogen-bond donors (Lipinski definition) is 3. The summed E-state index contributed by atoms with van der Waals surface area (Å²) in [7, 11) is 0. The second kappa shape index (κ2) is 10.0. The minimum atomic E-state index is 0.205. The van der Waals surface area contributed by atoms with Gasteiger partial charge in [0.1, 0.15) is 28.9 Å². The highest BCUT2D eigenvalue weighted by molar-refractivity contribution is 5.83. The molecule has 1 unspecified atom stereocenters. The number of nitrogens with zero attached hydrogens (tertiary/aromatic N) is 4. The molecule has 1 aromatic carbocycles. The first kappa shape index (κ1) is 22.7. The standard InChI is InChI=1S/C25H35N7O2/c1-3-32-13-12-18(15-32)34-17-10-11-19(20(14-17)33-4-2)27-25-29-22(26)21-24(31-25)30-23(28-21)16-8-6-5-7-9-16/h10-11,14,16,18H,3-9,12-13,15H2,1-2H3,(H4,26,27,28,29,30,31). The molecule has 0 bridgehead atoms. The highest BCUT2D eigenvalue weighted by atomic mass is 16.5. The van der Waals surface area contributed by atoms with Crippen LogP contribution >= 0.6 is 0 Å². The molecule has 4 N–H and O–H groups in total. The molecule has 3 heterocycles. The molecule has 9 heteroatoms. The maximum Gasteiger partial charge on any atom is 0.231 e. The lowest BCUT2D eigenvalue weighted by molar-refractivity contribution is 0.201. The third-order valence-corrected chi connectivity index (χ3v) is 6.87. The number of rotatable bonds is 8. The highest BCUT2D eigenvalue weighted by Crippen LogP contribution is 2.34. The van der Waals surface area contributed by atoms with E-state index >= 15 is 0 Å². The predicted octanol–water partition coefficient (Wildman–Crippen LogP) is 4.60. The summed E-state index contributed by atoms with van der Waals surface area (Å²) >= 11 is 0. The number of nitrogens with one attached hydrogen (secondary N) is 2. The molecule has 0 spiro atoms. The van der Waals surface area contributed by atoms with Gasteiger partial charge < -0.3 is 25.5 Å². The molecule has 3 aromatic rings. The number of nitrogens with two attached hydrogens (primary N) is 1. The van der Waals surface area contributed by atoms with Crippen LogP contribution in [0.1, 0.15) is 64.1 Å². The minimum Gasteiger partial charge on any atom is -0.492 e. The SMILES string of the molecule is CCOc1cc(OC2CCN(CC)C2)ccc1Nc1nc(N)c2[nH]c(C3CCCCC3)nc2n1. The molecule has 182 valence electrons. The van der Waals surface area contributed by atoms with Gasteiger partial charge in [-0.1, -0.05) is 26.2 Å². The van der Waals surface area contributed by atoms with Gasteiger partial charge in [-0.15, -0.1) is 0 Å². The number of aromatic amines is 1. The number of nitrogen functional groups attached to an aromatic ring is 1. The Morgan fingerprint density at radius 3 is 2.74 bits per heavy atom. The lowest BCUT2D eigenvalue weighted by Gasteiger charge is -2.18. The van der Waals surface area contributed by atoms with Crippen LogP contribution in [0.4, 0.5) is 17.5 Å². The second-order valence-corrected chi connectivity index (χ2v) is 9.23. The number of hydrogen-bond acceptors (Lipinski definition) is 8. The maximum absolute atomic E-state index is 6.27. The third kappa shape index (κ3) is 4.89. The number of anilines is 3. The summed E-state index contributed by atoms with van der Waals surface area (Å²) in [6.07, 6.45) is 7.34. The van der Waals surface area contributed by atoms with Crippen molar-refractivity contribution in [2.24, 2.45) is 0 Å². The first-order valence-electron chi connectivity index (χ1n) is 12.6. The van der Waals surface area contributed by atoms with Crippen LogP contribution in [0.5, 0.6) is 11.5 Å². The van der Waals surface area contributed by atoms with Gasteiger partial charge in [0.15, 0.2) is 11.5 Å². The fourth-order valence-electron chi connectivity index (χ4n) is 5.01. The van der Waals surface area contributed by atoms with Crippen molar-refractivity contribution >= 4 is 28.6 Å².